The highest BCUT2D eigenvalue weighted by molar-refractivity contribution is 5.96. The molecule has 1 fully saturated rings. The molecular formula is C36H53N17O9. The Balaban J connectivity index is 1.28. The zero-order valence-corrected chi connectivity index (χ0v) is 33.9. The van der Waals surface area contributed by atoms with Crippen molar-refractivity contribution in [2.45, 2.75) is 88.1 Å². The van der Waals surface area contributed by atoms with Gasteiger partial charge < -0.3 is 74.1 Å². The second-order valence-corrected chi connectivity index (χ2v) is 14.4. The molecule has 1 aliphatic heterocycles. The van der Waals surface area contributed by atoms with Crippen LogP contribution in [0.3, 0.4) is 0 Å². The number of imidazole rings is 3. The normalized spacial score (nSPS) is 15.8. The van der Waals surface area contributed by atoms with Gasteiger partial charge in [-0.15, -0.1) is 0 Å². The largest absolute Gasteiger partial charge is 0.480 e. The summed E-state index contributed by atoms with van der Waals surface area (Å²) in [5, 5.41) is 24.6. The third kappa shape index (κ3) is 15.0. The van der Waals surface area contributed by atoms with Crippen LogP contribution in [0.2, 0.25) is 0 Å². The number of hydrogen-bond donors (Lipinski definition) is 13. The number of aliphatic carboxylic acids is 1. The fraction of sp³-hybridized carbons (Fsp3) is 0.500. The first kappa shape index (κ1) is 47.3. The van der Waals surface area contributed by atoms with Crippen molar-refractivity contribution >= 4 is 53.3 Å². The van der Waals surface area contributed by atoms with E-state index >= 15 is 0 Å². The Labute approximate surface area is 354 Å². The predicted octanol–water partition coefficient (Wildman–Crippen LogP) is -5.47. The van der Waals surface area contributed by atoms with Crippen molar-refractivity contribution in [1.82, 2.24) is 66.7 Å². The number of carbonyl (C=O) groups excluding carboxylic acids is 7. The number of rotatable bonds is 24. The molecule has 6 atom stereocenters. The minimum Gasteiger partial charge on any atom is -0.480 e. The van der Waals surface area contributed by atoms with Crippen LogP contribution in [0, 0.1) is 0 Å². The van der Waals surface area contributed by atoms with Gasteiger partial charge in [-0.25, -0.2) is 19.7 Å². The lowest BCUT2D eigenvalue weighted by Crippen LogP contribution is -2.58. The van der Waals surface area contributed by atoms with Gasteiger partial charge in [-0.2, -0.15) is 0 Å². The summed E-state index contributed by atoms with van der Waals surface area (Å²) in [7, 11) is 0. The van der Waals surface area contributed by atoms with E-state index in [1.165, 1.54) is 49.4 Å². The Kier molecular flexibility index (Phi) is 17.9. The first-order valence-corrected chi connectivity index (χ1v) is 19.6. The number of guanidine groups is 1. The third-order valence-electron chi connectivity index (χ3n) is 9.60. The number of likely N-dealkylation sites (tertiary alicyclic amines) is 1. The zero-order chi connectivity index (χ0) is 45.2. The number of amides is 7. The van der Waals surface area contributed by atoms with Crippen molar-refractivity contribution in [2.75, 3.05) is 26.2 Å². The lowest BCUT2D eigenvalue weighted by molar-refractivity contribution is -0.144. The molecule has 0 aromatic carbocycles. The zero-order valence-electron chi connectivity index (χ0n) is 33.9. The van der Waals surface area contributed by atoms with E-state index in [0.29, 0.717) is 23.5 Å². The Morgan fingerprint density at radius 1 is 0.774 bits per heavy atom. The summed E-state index contributed by atoms with van der Waals surface area (Å²) in [5.74, 6) is -6.36. The molecule has 16 N–H and O–H groups in total. The lowest BCUT2D eigenvalue weighted by atomic mass is 10.1. The highest BCUT2D eigenvalue weighted by Crippen LogP contribution is 2.18. The molecule has 4 rings (SSSR count). The minimum absolute atomic E-state index is 0.0362. The van der Waals surface area contributed by atoms with Gasteiger partial charge in [0.1, 0.15) is 30.2 Å². The summed E-state index contributed by atoms with van der Waals surface area (Å²) in [6, 6.07) is -6.90. The van der Waals surface area contributed by atoms with Crippen molar-refractivity contribution in [3.63, 3.8) is 0 Å². The topological polar surface area (TPSA) is 409 Å². The fourth-order valence-electron chi connectivity index (χ4n) is 6.36. The van der Waals surface area contributed by atoms with Gasteiger partial charge in [0.2, 0.25) is 41.4 Å². The number of aromatic amines is 3. The monoisotopic (exact) mass is 867 g/mol. The van der Waals surface area contributed by atoms with Crippen LogP contribution >= 0.6 is 0 Å². The molecule has 62 heavy (non-hydrogen) atoms. The Morgan fingerprint density at radius 2 is 1.34 bits per heavy atom. The third-order valence-corrected chi connectivity index (χ3v) is 9.60. The summed E-state index contributed by atoms with van der Waals surface area (Å²) in [4.78, 5) is 129. The molecule has 3 aromatic rings. The molecule has 26 heteroatoms. The van der Waals surface area contributed by atoms with Crippen LogP contribution in [0.15, 0.2) is 42.6 Å². The molecule has 1 aliphatic rings. The van der Waals surface area contributed by atoms with Crippen LogP contribution in [-0.2, 0) is 57.6 Å². The summed E-state index contributed by atoms with van der Waals surface area (Å²) in [6.45, 7) is 0.578. The molecule has 4 heterocycles. The minimum atomic E-state index is -1.27. The molecule has 0 unspecified atom stereocenters. The number of nitrogens with one attached hydrogen (secondary N) is 9. The average Bonchev–Trinajstić information content (AvgIpc) is 4.09. The second kappa shape index (κ2) is 23.4. The van der Waals surface area contributed by atoms with Crippen molar-refractivity contribution in [2.24, 2.45) is 22.2 Å². The number of H-pyrrole nitrogens is 3. The maximum absolute atomic E-state index is 13.7. The van der Waals surface area contributed by atoms with Crippen LogP contribution in [0.1, 0.15) is 49.7 Å². The van der Waals surface area contributed by atoms with Gasteiger partial charge in [-0.05, 0) is 32.6 Å². The Hall–Kier alpha value is -7.38. The Bertz CT molecular complexity index is 2000. The second-order valence-electron chi connectivity index (χ2n) is 14.4. The van der Waals surface area contributed by atoms with Crippen molar-refractivity contribution in [1.29, 1.82) is 0 Å². The van der Waals surface area contributed by atoms with E-state index in [1.807, 2.05) is 0 Å². The Morgan fingerprint density at radius 3 is 1.90 bits per heavy atom. The smallest absolute Gasteiger partial charge is 0.326 e. The van der Waals surface area contributed by atoms with Gasteiger partial charge in [-0.3, -0.25) is 38.6 Å². The first-order chi connectivity index (χ1) is 29.6. The maximum Gasteiger partial charge on any atom is 0.326 e. The number of aliphatic imine (C=N–C) groups is 1. The van der Waals surface area contributed by atoms with E-state index in [9.17, 15) is 43.5 Å². The SMILES string of the molecule is C[C@H](NC(=O)CNC(=O)[C@H](Cc1cnc[nH]1)NC(=O)[C@H](Cc1cnc[nH]1)NC(=O)[C@@H](N)Cc1cnc[nH]1)C(=O)NCC(=O)N1CCC[C@H]1C(=O)N[C@@H](CCCN=C(N)N)C(=O)O. The molecule has 0 aliphatic carbocycles. The van der Waals surface area contributed by atoms with Gasteiger partial charge in [-0.1, -0.05) is 0 Å². The van der Waals surface area contributed by atoms with Crippen LogP contribution in [0.25, 0.3) is 0 Å². The summed E-state index contributed by atoms with van der Waals surface area (Å²) >= 11 is 0. The van der Waals surface area contributed by atoms with Gasteiger partial charge in [0, 0.05) is 68.0 Å². The molecule has 0 radical (unpaired) electrons. The number of nitrogens with zero attached hydrogens (tertiary/aromatic N) is 5. The number of hydrogen-bond acceptors (Lipinski definition) is 13. The fourth-order valence-corrected chi connectivity index (χ4v) is 6.36. The molecule has 336 valence electrons. The van der Waals surface area contributed by atoms with Gasteiger partial charge in [0.15, 0.2) is 5.96 Å². The van der Waals surface area contributed by atoms with E-state index in [2.05, 4.69) is 66.8 Å². The molecule has 0 saturated carbocycles. The van der Waals surface area contributed by atoms with E-state index in [1.54, 1.807) is 0 Å². The number of carbonyl (C=O) groups is 8. The number of carboxylic acid groups (broad SMARTS) is 1. The van der Waals surface area contributed by atoms with E-state index < -0.39 is 96.7 Å². The summed E-state index contributed by atoms with van der Waals surface area (Å²) in [5.41, 5.74) is 18.2. The molecule has 1 saturated heterocycles. The number of nitrogens with two attached hydrogens (primary N) is 3. The molecular weight excluding hydrogens is 815 g/mol. The van der Waals surface area contributed by atoms with Gasteiger partial charge in [0.25, 0.3) is 0 Å². The quantitative estimate of drug-likeness (QED) is 0.0227. The molecule has 3 aromatic heterocycles. The van der Waals surface area contributed by atoms with Gasteiger partial charge >= 0.3 is 5.97 Å². The molecule has 26 nitrogen and oxygen atoms in total. The molecule has 0 spiro atoms. The van der Waals surface area contributed by atoms with Gasteiger partial charge in [0.05, 0.1) is 38.1 Å². The van der Waals surface area contributed by atoms with Crippen molar-refractivity contribution in [3.05, 3.63) is 54.7 Å². The summed E-state index contributed by atoms with van der Waals surface area (Å²) in [6.07, 6.45) is 9.69. The molecule has 0 bridgehead atoms. The number of aromatic nitrogens is 6. The maximum atomic E-state index is 13.7. The molecule has 7 amide bonds. The average molecular weight is 868 g/mol. The van der Waals surface area contributed by atoms with Crippen molar-refractivity contribution < 1.29 is 43.5 Å². The van der Waals surface area contributed by atoms with E-state index in [4.69, 9.17) is 17.2 Å². The van der Waals surface area contributed by atoms with Crippen LogP contribution in [-0.4, -0.2) is 156 Å². The highest BCUT2D eigenvalue weighted by atomic mass is 16.4. The first-order valence-electron chi connectivity index (χ1n) is 19.6. The highest BCUT2D eigenvalue weighted by Gasteiger charge is 2.36. The van der Waals surface area contributed by atoms with Crippen LogP contribution in [0.4, 0.5) is 0 Å². The van der Waals surface area contributed by atoms with E-state index in [-0.39, 0.29) is 57.6 Å². The standard InChI is InChI=1S/C36H53N17O9/c1-19(30(56)45-15-29(55)53-7-3-5-27(53)34(60)50-24(35(61)62)4-2-6-43-36(38)39)49-28(54)14-44-32(58)25(9-21-12-41-17-47-21)52-33(59)26(10-22-13-42-18-48-22)51-31(57)23(37)8-20-11-40-16-46-20/h11-13,16-19,23-27H,2-10,14-15,37H2,1H3,(H,40,46)(H,41,47)(H,42,48)(H,44,58)(H,45,56)(H,49,54)(H,50,60)(H,51,57)(H,52,59)(H,61,62)(H4,38,39,43)/t19-,23-,24-,25-,26-,27-/m0/s1. The number of carboxylic acids is 1. The summed E-state index contributed by atoms with van der Waals surface area (Å²) < 4.78 is 0. The van der Waals surface area contributed by atoms with E-state index in [0.717, 1.165) is 0 Å². The predicted molar refractivity (Wildman–Crippen MR) is 217 cm³/mol. The van der Waals surface area contributed by atoms with Crippen LogP contribution in [0.5, 0.6) is 0 Å². The lowest BCUT2D eigenvalue weighted by Gasteiger charge is -2.26. The van der Waals surface area contributed by atoms with Crippen LogP contribution < -0.4 is 49.1 Å². The van der Waals surface area contributed by atoms with Crippen molar-refractivity contribution in [3.8, 4) is 0 Å².